The number of hydrogen-bond acceptors (Lipinski definition) is 6. The van der Waals surface area contributed by atoms with Crippen LogP contribution in [0.4, 0.5) is 17.3 Å². The molecule has 28 heavy (non-hydrogen) atoms. The van der Waals surface area contributed by atoms with Crippen LogP contribution in [0, 0.1) is 6.92 Å². The molecule has 0 bridgehead atoms. The molecule has 0 atom stereocenters. The van der Waals surface area contributed by atoms with Gasteiger partial charge in [-0.1, -0.05) is 29.3 Å². The SMILES string of the molecule is COC(=O)c1ccc(Cl)c(NC(=O)c2cnc(Nc3ccc(C)cc3)nc2)c1. The average molecular weight is 397 g/mol. The smallest absolute Gasteiger partial charge is 0.337 e. The summed E-state index contributed by atoms with van der Waals surface area (Å²) in [6, 6.07) is 12.2. The minimum atomic E-state index is -0.526. The third-order valence-electron chi connectivity index (χ3n) is 3.86. The Kier molecular flexibility index (Phi) is 5.86. The van der Waals surface area contributed by atoms with Gasteiger partial charge < -0.3 is 15.4 Å². The minimum Gasteiger partial charge on any atom is -0.465 e. The van der Waals surface area contributed by atoms with E-state index < -0.39 is 11.9 Å². The summed E-state index contributed by atoms with van der Waals surface area (Å²) in [6.07, 6.45) is 2.80. The van der Waals surface area contributed by atoms with Crippen LogP contribution in [0.5, 0.6) is 0 Å². The summed E-state index contributed by atoms with van der Waals surface area (Å²) in [5.74, 6) is -0.612. The van der Waals surface area contributed by atoms with Crippen LogP contribution in [0.3, 0.4) is 0 Å². The standard InChI is InChI=1S/C20H17ClN4O3/c1-12-3-6-15(7-4-12)24-20-22-10-14(11-23-20)18(26)25-17-9-13(19(27)28-2)5-8-16(17)21/h3-11H,1-2H3,(H,25,26)(H,22,23,24). The molecule has 0 saturated carbocycles. The summed E-state index contributed by atoms with van der Waals surface area (Å²) < 4.78 is 4.67. The first-order valence-electron chi connectivity index (χ1n) is 8.31. The van der Waals surface area contributed by atoms with Crippen molar-refractivity contribution in [1.82, 2.24) is 9.97 Å². The van der Waals surface area contributed by atoms with E-state index in [2.05, 4.69) is 25.3 Å². The van der Waals surface area contributed by atoms with E-state index in [0.29, 0.717) is 11.0 Å². The van der Waals surface area contributed by atoms with E-state index in [0.717, 1.165) is 11.3 Å². The average Bonchev–Trinajstić information content (AvgIpc) is 2.71. The van der Waals surface area contributed by atoms with Gasteiger partial charge in [-0.25, -0.2) is 14.8 Å². The van der Waals surface area contributed by atoms with Crippen LogP contribution in [0.15, 0.2) is 54.9 Å². The number of carbonyl (C=O) groups excluding carboxylic acids is 2. The van der Waals surface area contributed by atoms with Crippen molar-refractivity contribution in [3.05, 3.63) is 76.6 Å². The number of aryl methyl sites for hydroxylation is 1. The van der Waals surface area contributed by atoms with Gasteiger partial charge in [0.25, 0.3) is 5.91 Å². The lowest BCUT2D eigenvalue weighted by atomic mass is 10.2. The first-order chi connectivity index (χ1) is 13.5. The fraction of sp³-hybridized carbons (Fsp3) is 0.100. The summed E-state index contributed by atoms with van der Waals surface area (Å²) in [7, 11) is 1.28. The monoisotopic (exact) mass is 396 g/mol. The highest BCUT2D eigenvalue weighted by molar-refractivity contribution is 6.34. The van der Waals surface area contributed by atoms with Crippen LogP contribution in [0.25, 0.3) is 0 Å². The number of anilines is 3. The van der Waals surface area contributed by atoms with Crippen molar-refractivity contribution in [3.8, 4) is 0 Å². The van der Waals surface area contributed by atoms with Gasteiger partial charge >= 0.3 is 5.97 Å². The van der Waals surface area contributed by atoms with Crippen LogP contribution >= 0.6 is 11.6 Å². The Morgan fingerprint density at radius 3 is 2.32 bits per heavy atom. The summed E-state index contributed by atoms with van der Waals surface area (Å²) >= 11 is 6.09. The minimum absolute atomic E-state index is 0.244. The van der Waals surface area contributed by atoms with Crippen molar-refractivity contribution in [2.45, 2.75) is 6.92 Å². The van der Waals surface area contributed by atoms with E-state index in [1.807, 2.05) is 31.2 Å². The van der Waals surface area contributed by atoms with Gasteiger partial charge in [0, 0.05) is 18.1 Å². The van der Waals surface area contributed by atoms with Crippen molar-refractivity contribution < 1.29 is 14.3 Å². The first-order valence-corrected chi connectivity index (χ1v) is 8.69. The molecule has 8 heteroatoms. The Morgan fingerprint density at radius 2 is 1.68 bits per heavy atom. The lowest BCUT2D eigenvalue weighted by molar-refractivity contribution is 0.0600. The summed E-state index contributed by atoms with van der Waals surface area (Å²) in [5, 5.41) is 5.99. The molecule has 0 unspecified atom stereocenters. The zero-order valence-corrected chi connectivity index (χ0v) is 15.9. The number of carbonyl (C=O) groups is 2. The third kappa shape index (κ3) is 4.63. The maximum absolute atomic E-state index is 12.4. The Labute approximate surface area is 166 Å². The van der Waals surface area contributed by atoms with E-state index in [-0.39, 0.29) is 16.8 Å². The molecular formula is C20H17ClN4O3. The molecule has 1 amide bonds. The highest BCUT2D eigenvalue weighted by Gasteiger charge is 2.13. The van der Waals surface area contributed by atoms with Crippen LogP contribution in [-0.2, 0) is 4.74 Å². The number of methoxy groups -OCH3 is 1. The quantitative estimate of drug-likeness (QED) is 0.627. The summed E-state index contributed by atoms with van der Waals surface area (Å²) in [5.41, 5.74) is 2.80. The topological polar surface area (TPSA) is 93.2 Å². The molecule has 0 fully saturated rings. The molecular weight excluding hydrogens is 380 g/mol. The molecule has 0 aliphatic rings. The molecule has 2 aromatic carbocycles. The van der Waals surface area contributed by atoms with Gasteiger partial charge in [0.1, 0.15) is 0 Å². The Balaban J connectivity index is 1.71. The Hall–Kier alpha value is -3.45. The zero-order chi connectivity index (χ0) is 20.1. The third-order valence-corrected chi connectivity index (χ3v) is 4.19. The molecule has 0 radical (unpaired) electrons. The molecule has 3 aromatic rings. The van der Waals surface area contributed by atoms with E-state index >= 15 is 0 Å². The predicted molar refractivity (Wildman–Crippen MR) is 107 cm³/mol. The van der Waals surface area contributed by atoms with Crippen LogP contribution < -0.4 is 10.6 Å². The second kappa shape index (κ2) is 8.49. The summed E-state index contributed by atoms with van der Waals surface area (Å²) in [6.45, 7) is 2.00. The van der Waals surface area contributed by atoms with E-state index in [9.17, 15) is 9.59 Å². The number of nitrogens with one attached hydrogen (secondary N) is 2. The fourth-order valence-electron chi connectivity index (χ4n) is 2.34. The second-order valence-corrected chi connectivity index (χ2v) is 6.33. The zero-order valence-electron chi connectivity index (χ0n) is 15.2. The predicted octanol–water partition coefficient (Wildman–Crippen LogP) is 4.22. The van der Waals surface area contributed by atoms with Crippen LogP contribution in [0.2, 0.25) is 5.02 Å². The Bertz CT molecular complexity index is 1000. The maximum atomic E-state index is 12.4. The van der Waals surface area contributed by atoms with Gasteiger partial charge in [0.2, 0.25) is 5.95 Å². The number of esters is 1. The van der Waals surface area contributed by atoms with Crippen LogP contribution in [-0.4, -0.2) is 29.0 Å². The van der Waals surface area contributed by atoms with Gasteiger partial charge in [-0.2, -0.15) is 0 Å². The highest BCUT2D eigenvalue weighted by atomic mass is 35.5. The molecule has 2 N–H and O–H groups in total. The molecule has 7 nitrogen and oxygen atoms in total. The molecule has 0 spiro atoms. The Morgan fingerprint density at radius 1 is 1.00 bits per heavy atom. The van der Waals surface area contributed by atoms with Crippen molar-refractivity contribution >= 4 is 40.8 Å². The van der Waals surface area contributed by atoms with Crippen molar-refractivity contribution in [2.24, 2.45) is 0 Å². The number of benzene rings is 2. The number of ether oxygens (including phenoxy) is 1. The van der Waals surface area contributed by atoms with E-state index in [1.165, 1.54) is 37.7 Å². The fourth-order valence-corrected chi connectivity index (χ4v) is 2.50. The van der Waals surface area contributed by atoms with Gasteiger partial charge in [-0.15, -0.1) is 0 Å². The largest absolute Gasteiger partial charge is 0.465 e. The number of rotatable bonds is 5. The number of hydrogen-bond donors (Lipinski definition) is 2. The molecule has 3 rings (SSSR count). The molecule has 142 valence electrons. The lowest BCUT2D eigenvalue weighted by Crippen LogP contribution is -2.14. The molecule has 0 aliphatic carbocycles. The number of halogens is 1. The van der Waals surface area contributed by atoms with Crippen molar-refractivity contribution in [3.63, 3.8) is 0 Å². The van der Waals surface area contributed by atoms with Crippen molar-refractivity contribution in [2.75, 3.05) is 17.7 Å². The maximum Gasteiger partial charge on any atom is 0.337 e. The highest BCUT2D eigenvalue weighted by Crippen LogP contribution is 2.24. The number of aromatic nitrogens is 2. The van der Waals surface area contributed by atoms with Gasteiger partial charge in [0.05, 0.1) is 28.9 Å². The molecule has 1 heterocycles. The molecule has 0 saturated heterocycles. The van der Waals surface area contributed by atoms with E-state index in [1.54, 1.807) is 0 Å². The summed E-state index contributed by atoms with van der Waals surface area (Å²) in [4.78, 5) is 32.4. The van der Waals surface area contributed by atoms with Crippen molar-refractivity contribution in [1.29, 1.82) is 0 Å². The molecule has 1 aromatic heterocycles. The second-order valence-electron chi connectivity index (χ2n) is 5.93. The van der Waals surface area contributed by atoms with E-state index in [4.69, 9.17) is 11.6 Å². The number of nitrogens with zero attached hydrogens (tertiary/aromatic N) is 2. The normalized spacial score (nSPS) is 10.2. The van der Waals surface area contributed by atoms with Gasteiger partial charge in [0.15, 0.2) is 0 Å². The lowest BCUT2D eigenvalue weighted by Gasteiger charge is -2.09. The number of amides is 1. The van der Waals surface area contributed by atoms with Gasteiger partial charge in [-0.05, 0) is 37.3 Å². The van der Waals surface area contributed by atoms with Gasteiger partial charge in [-0.3, -0.25) is 4.79 Å². The molecule has 0 aliphatic heterocycles. The van der Waals surface area contributed by atoms with Crippen LogP contribution in [0.1, 0.15) is 26.3 Å². The first kappa shape index (κ1) is 19.3.